The lowest BCUT2D eigenvalue weighted by Crippen LogP contribution is -2.37. The number of hydrogen-bond donors (Lipinski definition) is 2. The van der Waals surface area contributed by atoms with Crippen LogP contribution in [0, 0.1) is 12.8 Å². The maximum Gasteiger partial charge on any atom is 0.321 e. The Hall–Kier alpha value is -2.57. The second-order valence-electron chi connectivity index (χ2n) is 6.93. The molecule has 1 aromatic rings. The number of aryl methyl sites for hydroxylation is 1. The Kier molecular flexibility index (Phi) is 6.60. The van der Waals surface area contributed by atoms with Crippen LogP contribution in [-0.4, -0.2) is 59.5 Å². The van der Waals surface area contributed by atoms with Gasteiger partial charge in [-0.2, -0.15) is 0 Å². The van der Waals surface area contributed by atoms with Gasteiger partial charge in [0.05, 0.1) is 5.92 Å². The van der Waals surface area contributed by atoms with E-state index in [9.17, 15) is 14.4 Å². The average Bonchev–Trinajstić information content (AvgIpc) is 2.63. The molecule has 1 heterocycles. The molecule has 1 saturated heterocycles. The number of aliphatic carboxylic acids is 1. The molecule has 26 heavy (non-hydrogen) atoms. The van der Waals surface area contributed by atoms with Gasteiger partial charge in [-0.05, 0) is 43.9 Å². The zero-order valence-electron chi connectivity index (χ0n) is 15.6. The van der Waals surface area contributed by atoms with E-state index >= 15 is 0 Å². The third kappa shape index (κ3) is 4.97. The molecule has 7 nitrogen and oxygen atoms in total. The Balaban J connectivity index is 2.07. The third-order valence-electron chi connectivity index (χ3n) is 4.68. The van der Waals surface area contributed by atoms with E-state index in [4.69, 9.17) is 5.11 Å². The number of anilines is 1. The fraction of sp³-hybridized carbons (Fsp3) is 0.526. The number of carboxylic acid groups (broad SMARTS) is 1. The molecule has 1 unspecified atom stereocenters. The molecule has 1 aromatic carbocycles. The number of nitrogens with one attached hydrogen (secondary N) is 1. The zero-order valence-corrected chi connectivity index (χ0v) is 15.6. The van der Waals surface area contributed by atoms with Crippen LogP contribution in [0.5, 0.6) is 0 Å². The van der Waals surface area contributed by atoms with Crippen molar-refractivity contribution in [2.45, 2.75) is 33.1 Å². The number of carbonyl (C=O) groups is 3. The Morgan fingerprint density at radius 1 is 1.23 bits per heavy atom. The van der Waals surface area contributed by atoms with Crippen molar-refractivity contribution in [1.82, 2.24) is 9.80 Å². The molecule has 0 aromatic heterocycles. The van der Waals surface area contributed by atoms with E-state index in [2.05, 4.69) is 5.32 Å². The molecule has 1 aliphatic rings. The minimum absolute atomic E-state index is 0.00819. The summed E-state index contributed by atoms with van der Waals surface area (Å²) in [5.74, 6) is -1.61. The largest absolute Gasteiger partial charge is 0.481 e. The van der Waals surface area contributed by atoms with E-state index in [0.717, 1.165) is 37.9 Å². The van der Waals surface area contributed by atoms with E-state index in [1.54, 1.807) is 26.1 Å². The van der Waals surface area contributed by atoms with Gasteiger partial charge in [-0.1, -0.05) is 13.0 Å². The zero-order chi connectivity index (χ0) is 19.3. The minimum atomic E-state index is -0.950. The molecule has 0 bridgehead atoms. The minimum Gasteiger partial charge on any atom is -0.481 e. The molecule has 2 rings (SSSR count). The maximum atomic E-state index is 12.8. The van der Waals surface area contributed by atoms with Crippen molar-refractivity contribution in [2.24, 2.45) is 5.92 Å². The molecule has 1 aliphatic heterocycles. The smallest absolute Gasteiger partial charge is 0.321 e. The average molecular weight is 361 g/mol. The number of piperidine rings is 1. The normalized spacial score (nSPS) is 15.3. The van der Waals surface area contributed by atoms with Crippen LogP contribution in [0.3, 0.4) is 0 Å². The number of benzene rings is 1. The first-order valence-electron chi connectivity index (χ1n) is 8.94. The molecular formula is C19H27N3O4. The topological polar surface area (TPSA) is 90.0 Å². The van der Waals surface area contributed by atoms with Crippen LogP contribution in [0.15, 0.2) is 18.2 Å². The summed E-state index contributed by atoms with van der Waals surface area (Å²) in [7, 11) is 1.54. The second-order valence-corrected chi connectivity index (χ2v) is 6.93. The van der Waals surface area contributed by atoms with E-state index < -0.39 is 17.9 Å². The van der Waals surface area contributed by atoms with Crippen molar-refractivity contribution in [3.8, 4) is 0 Å². The summed E-state index contributed by atoms with van der Waals surface area (Å²) in [6.45, 7) is 5.07. The lowest BCUT2D eigenvalue weighted by Gasteiger charge is -2.27. The lowest BCUT2D eigenvalue weighted by atomic mass is 10.0. The van der Waals surface area contributed by atoms with Crippen LogP contribution in [0.4, 0.5) is 10.5 Å². The van der Waals surface area contributed by atoms with Gasteiger partial charge >= 0.3 is 12.0 Å². The van der Waals surface area contributed by atoms with Crippen molar-refractivity contribution < 1.29 is 19.5 Å². The maximum absolute atomic E-state index is 12.8. The standard InChI is InChI=1S/C19H27N3O4/c1-13-7-8-15(20-19(26)21(3)12-14(2)18(24)25)11-16(13)17(23)22-9-5-4-6-10-22/h7-8,11,14H,4-6,9-10,12H2,1-3H3,(H,20,26)(H,24,25). The van der Waals surface area contributed by atoms with Crippen LogP contribution >= 0.6 is 0 Å². The fourth-order valence-electron chi connectivity index (χ4n) is 2.99. The number of rotatable bonds is 5. The highest BCUT2D eigenvalue weighted by Crippen LogP contribution is 2.20. The predicted octanol–water partition coefficient (Wildman–Crippen LogP) is 2.81. The van der Waals surface area contributed by atoms with Gasteiger partial charge in [-0.3, -0.25) is 9.59 Å². The molecule has 0 radical (unpaired) electrons. The van der Waals surface area contributed by atoms with Crippen molar-refractivity contribution in [1.29, 1.82) is 0 Å². The lowest BCUT2D eigenvalue weighted by molar-refractivity contribution is -0.141. The summed E-state index contributed by atoms with van der Waals surface area (Å²) in [4.78, 5) is 39.1. The summed E-state index contributed by atoms with van der Waals surface area (Å²) in [5.41, 5.74) is 1.98. The Bertz CT molecular complexity index is 683. The predicted molar refractivity (Wildman–Crippen MR) is 99.4 cm³/mol. The van der Waals surface area contributed by atoms with Gasteiger partial charge < -0.3 is 20.2 Å². The molecule has 3 amide bonds. The van der Waals surface area contributed by atoms with Crippen LogP contribution in [0.2, 0.25) is 0 Å². The SMILES string of the molecule is Cc1ccc(NC(=O)N(C)CC(C)C(=O)O)cc1C(=O)N1CCCCC1. The molecule has 1 atom stereocenters. The highest BCUT2D eigenvalue weighted by Gasteiger charge is 2.21. The summed E-state index contributed by atoms with van der Waals surface area (Å²) in [6.07, 6.45) is 3.20. The summed E-state index contributed by atoms with van der Waals surface area (Å²) in [5, 5.41) is 11.7. The van der Waals surface area contributed by atoms with E-state index in [-0.39, 0.29) is 12.5 Å². The van der Waals surface area contributed by atoms with Crippen molar-refractivity contribution in [2.75, 3.05) is 32.0 Å². The van der Waals surface area contributed by atoms with Gasteiger partial charge in [0.15, 0.2) is 0 Å². The molecule has 0 aliphatic carbocycles. The van der Waals surface area contributed by atoms with E-state index in [0.29, 0.717) is 11.3 Å². The quantitative estimate of drug-likeness (QED) is 0.844. The van der Waals surface area contributed by atoms with Gasteiger partial charge in [0, 0.05) is 37.9 Å². The monoisotopic (exact) mass is 361 g/mol. The Labute approximate surface area is 154 Å². The van der Waals surface area contributed by atoms with Gasteiger partial charge in [0.2, 0.25) is 0 Å². The molecule has 2 N–H and O–H groups in total. The summed E-state index contributed by atoms with van der Waals surface area (Å²) < 4.78 is 0. The van der Waals surface area contributed by atoms with Crippen LogP contribution < -0.4 is 5.32 Å². The molecule has 0 saturated carbocycles. The first kappa shape index (κ1) is 19.8. The fourth-order valence-corrected chi connectivity index (χ4v) is 2.99. The number of hydrogen-bond acceptors (Lipinski definition) is 3. The highest BCUT2D eigenvalue weighted by atomic mass is 16.4. The Morgan fingerprint density at radius 3 is 2.50 bits per heavy atom. The van der Waals surface area contributed by atoms with Crippen LogP contribution in [-0.2, 0) is 4.79 Å². The van der Waals surface area contributed by atoms with Crippen molar-refractivity contribution in [3.63, 3.8) is 0 Å². The summed E-state index contributed by atoms with van der Waals surface area (Å²) >= 11 is 0. The molecule has 1 fully saturated rings. The number of carbonyl (C=O) groups excluding carboxylic acids is 2. The number of urea groups is 1. The summed E-state index contributed by atoms with van der Waals surface area (Å²) in [6, 6.07) is 4.85. The van der Waals surface area contributed by atoms with E-state index in [1.165, 1.54) is 4.90 Å². The molecular weight excluding hydrogens is 334 g/mol. The van der Waals surface area contributed by atoms with Gasteiger partial charge in [0.25, 0.3) is 5.91 Å². The van der Waals surface area contributed by atoms with Crippen LogP contribution in [0.1, 0.15) is 42.1 Å². The van der Waals surface area contributed by atoms with Gasteiger partial charge in [0.1, 0.15) is 0 Å². The highest BCUT2D eigenvalue weighted by molar-refractivity contribution is 5.98. The number of likely N-dealkylation sites (tertiary alicyclic amines) is 1. The Morgan fingerprint density at radius 2 is 1.88 bits per heavy atom. The van der Waals surface area contributed by atoms with Crippen molar-refractivity contribution >= 4 is 23.6 Å². The second kappa shape index (κ2) is 8.69. The first-order chi connectivity index (χ1) is 12.3. The van der Waals surface area contributed by atoms with Gasteiger partial charge in [-0.25, -0.2) is 4.79 Å². The number of amides is 3. The first-order valence-corrected chi connectivity index (χ1v) is 8.94. The van der Waals surface area contributed by atoms with Crippen LogP contribution in [0.25, 0.3) is 0 Å². The number of carboxylic acids is 1. The van der Waals surface area contributed by atoms with E-state index in [1.807, 2.05) is 17.9 Å². The molecule has 7 heteroatoms. The molecule has 0 spiro atoms. The van der Waals surface area contributed by atoms with Crippen molar-refractivity contribution in [3.05, 3.63) is 29.3 Å². The number of nitrogens with zero attached hydrogens (tertiary/aromatic N) is 2. The third-order valence-corrected chi connectivity index (χ3v) is 4.68. The molecule has 142 valence electrons. The van der Waals surface area contributed by atoms with Gasteiger partial charge in [-0.15, -0.1) is 0 Å².